The fourth-order valence-corrected chi connectivity index (χ4v) is 5.16. The number of carbonyl (C=O) groups is 2. The molecule has 3 aliphatic rings. The Morgan fingerprint density at radius 1 is 0.960 bits per heavy atom. The highest BCUT2D eigenvalue weighted by Crippen LogP contribution is 2.61. The van der Waals surface area contributed by atoms with Crippen molar-refractivity contribution >= 4 is 28.3 Å². The zero-order chi connectivity index (χ0) is 17.6. The number of benzene rings is 2. The van der Waals surface area contributed by atoms with Crippen LogP contribution < -0.4 is 4.90 Å². The van der Waals surface area contributed by atoms with E-state index < -0.39 is 23.0 Å². The van der Waals surface area contributed by atoms with Crippen LogP contribution in [-0.2, 0) is 14.3 Å². The summed E-state index contributed by atoms with van der Waals surface area (Å²) < 4.78 is 20.2. The molecule has 2 amide bonds. The third-order valence-electron chi connectivity index (χ3n) is 6.29. The molecule has 0 spiro atoms. The number of ether oxygens (including phenoxy) is 1. The van der Waals surface area contributed by atoms with Gasteiger partial charge in [-0.05, 0) is 38.8 Å². The Morgan fingerprint density at radius 2 is 1.52 bits per heavy atom. The van der Waals surface area contributed by atoms with Crippen LogP contribution in [0, 0.1) is 17.7 Å². The average molecular weight is 339 g/mol. The van der Waals surface area contributed by atoms with Gasteiger partial charge in [0, 0.05) is 10.8 Å². The lowest BCUT2D eigenvalue weighted by Gasteiger charge is -2.27. The Bertz CT molecular complexity index is 923. The molecule has 0 aromatic heterocycles. The number of fused-ring (bicyclic) bond motifs is 6. The van der Waals surface area contributed by atoms with Crippen LogP contribution in [0.4, 0.5) is 10.1 Å². The molecule has 3 aliphatic heterocycles. The number of nitrogens with zero attached hydrogens (tertiary/aromatic N) is 1. The number of rotatable bonds is 1. The Hall–Kier alpha value is -2.27. The van der Waals surface area contributed by atoms with Crippen LogP contribution in [0.25, 0.3) is 10.8 Å². The van der Waals surface area contributed by atoms with Crippen molar-refractivity contribution in [3.05, 3.63) is 42.2 Å². The molecule has 3 saturated heterocycles. The van der Waals surface area contributed by atoms with Crippen molar-refractivity contribution < 1.29 is 18.7 Å². The van der Waals surface area contributed by atoms with Crippen molar-refractivity contribution in [3.8, 4) is 0 Å². The molecule has 2 aromatic carbocycles. The summed E-state index contributed by atoms with van der Waals surface area (Å²) in [7, 11) is 0. The summed E-state index contributed by atoms with van der Waals surface area (Å²) in [6.45, 7) is 3.86. The molecule has 4 atom stereocenters. The minimum Gasteiger partial charge on any atom is -0.367 e. The van der Waals surface area contributed by atoms with Gasteiger partial charge in [0.1, 0.15) is 5.82 Å². The fourth-order valence-electron chi connectivity index (χ4n) is 5.16. The predicted molar refractivity (Wildman–Crippen MR) is 90.5 cm³/mol. The summed E-state index contributed by atoms with van der Waals surface area (Å²) in [5, 5.41) is 0.988. The molecule has 5 heteroatoms. The van der Waals surface area contributed by atoms with E-state index in [1.807, 2.05) is 13.8 Å². The Kier molecular flexibility index (Phi) is 2.68. The van der Waals surface area contributed by atoms with E-state index in [9.17, 15) is 14.0 Å². The highest BCUT2D eigenvalue weighted by Gasteiger charge is 2.72. The van der Waals surface area contributed by atoms with E-state index in [0.29, 0.717) is 16.5 Å². The Morgan fingerprint density at radius 3 is 2.16 bits per heavy atom. The Balaban J connectivity index is 1.69. The summed E-state index contributed by atoms with van der Waals surface area (Å²) in [6, 6.07) is 9.79. The van der Waals surface area contributed by atoms with Gasteiger partial charge < -0.3 is 4.74 Å². The normalized spacial score (nSPS) is 36.5. The van der Waals surface area contributed by atoms with Gasteiger partial charge in [-0.25, -0.2) is 9.29 Å². The van der Waals surface area contributed by atoms with Crippen LogP contribution in [0.2, 0.25) is 0 Å². The van der Waals surface area contributed by atoms with Gasteiger partial charge in [-0.2, -0.15) is 0 Å². The van der Waals surface area contributed by atoms with Gasteiger partial charge in [0.25, 0.3) is 0 Å². The maximum atomic E-state index is 14.1. The lowest BCUT2D eigenvalue weighted by molar-refractivity contribution is -0.129. The monoisotopic (exact) mass is 339 g/mol. The predicted octanol–water partition coefficient (Wildman–Crippen LogP) is 3.43. The number of amides is 2. The molecular formula is C20H18FNO3. The first kappa shape index (κ1) is 15.0. The molecule has 0 aliphatic carbocycles. The molecule has 25 heavy (non-hydrogen) atoms. The number of anilines is 1. The van der Waals surface area contributed by atoms with E-state index >= 15 is 0 Å². The van der Waals surface area contributed by atoms with E-state index in [1.165, 1.54) is 11.0 Å². The fraction of sp³-hybridized carbons (Fsp3) is 0.400. The topological polar surface area (TPSA) is 46.6 Å². The molecule has 2 bridgehead atoms. The van der Waals surface area contributed by atoms with E-state index in [1.54, 1.807) is 30.3 Å². The number of halogens is 1. The quantitative estimate of drug-likeness (QED) is 0.748. The largest absolute Gasteiger partial charge is 0.367 e. The summed E-state index contributed by atoms with van der Waals surface area (Å²) in [4.78, 5) is 27.7. The van der Waals surface area contributed by atoms with Gasteiger partial charge in [0.15, 0.2) is 0 Å². The number of carbonyl (C=O) groups excluding carboxylic acids is 2. The minimum absolute atomic E-state index is 0.224. The summed E-state index contributed by atoms with van der Waals surface area (Å²) in [6.07, 6.45) is 1.56. The zero-order valence-electron chi connectivity index (χ0n) is 14.1. The molecule has 4 nitrogen and oxygen atoms in total. The summed E-state index contributed by atoms with van der Waals surface area (Å²) in [5.74, 6) is -1.72. The molecular weight excluding hydrogens is 321 g/mol. The molecule has 2 aromatic rings. The number of hydrogen-bond acceptors (Lipinski definition) is 3. The van der Waals surface area contributed by atoms with E-state index in [4.69, 9.17) is 4.74 Å². The van der Waals surface area contributed by atoms with Gasteiger partial charge in [0.2, 0.25) is 11.8 Å². The maximum absolute atomic E-state index is 14.1. The van der Waals surface area contributed by atoms with Gasteiger partial charge in [-0.3, -0.25) is 9.59 Å². The maximum Gasteiger partial charge on any atom is 0.240 e. The van der Waals surface area contributed by atoms with Crippen LogP contribution in [0.15, 0.2) is 36.4 Å². The van der Waals surface area contributed by atoms with Crippen LogP contribution >= 0.6 is 0 Å². The average Bonchev–Trinajstić information content (AvgIpc) is 3.12. The summed E-state index contributed by atoms with van der Waals surface area (Å²) in [5.41, 5.74) is -0.707. The van der Waals surface area contributed by atoms with Crippen LogP contribution in [-0.4, -0.2) is 23.0 Å². The SMILES string of the molecule is C[C@]12CC[C@](C)(O1)C1C(=O)N(c3cccc4c(F)cccc34)C(=O)[C@@H]12. The van der Waals surface area contributed by atoms with Crippen LogP contribution in [0.1, 0.15) is 26.7 Å². The molecule has 3 fully saturated rings. The highest BCUT2D eigenvalue weighted by molar-refractivity contribution is 6.26. The van der Waals surface area contributed by atoms with Gasteiger partial charge in [-0.1, -0.05) is 24.3 Å². The Labute approximate surface area is 144 Å². The highest BCUT2D eigenvalue weighted by atomic mass is 19.1. The number of imide groups is 1. The van der Waals surface area contributed by atoms with Gasteiger partial charge in [0.05, 0.1) is 28.7 Å². The molecule has 1 unspecified atom stereocenters. The molecule has 0 N–H and O–H groups in total. The molecule has 0 saturated carbocycles. The second-order valence-electron chi connectivity index (χ2n) is 7.81. The van der Waals surface area contributed by atoms with Crippen molar-refractivity contribution in [2.75, 3.05) is 4.90 Å². The van der Waals surface area contributed by atoms with E-state index in [-0.39, 0.29) is 17.6 Å². The zero-order valence-corrected chi connectivity index (χ0v) is 14.1. The first-order chi connectivity index (χ1) is 11.9. The second kappa shape index (κ2) is 4.47. The lowest BCUT2D eigenvalue weighted by Crippen LogP contribution is -2.40. The van der Waals surface area contributed by atoms with Crippen molar-refractivity contribution in [3.63, 3.8) is 0 Å². The third kappa shape index (κ3) is 1.69. The lowest BCUT2D eigenvalue weighted by atomic mass is 9.69. The van der Waals surface area contributed by atoms with E-state index in [0.717, 1.165) is 12.8 Å². The van der Waals surface area contributed by atoms with Crippen LogP contribution in [0.5, 0.6) is 0 Å². The third-order valence-corrected chi connectivity index (χ3v) is 6.29. The second-order valence-corrected chi connectivity index (χ2v) is 7.81. The van der Waals surface area contributed by atoms with Crippen molar-refractivity contribution in [1.29, 1.82) is 0 Å². The number of hydrogen-bond donors (Lipinski definition) is 0. The molecule has 128 valence electrons. The molecule has 0 radical (unpaired) electrons. The van der Waals surface area contributed by atoms with Gasteiger partial charge in [-0.15, -0.1) is 0 Å². The van der Waals surface area contributed by atoms with E-state index in [2.05, 4.69) is 0 Å². The van der Waals surface area contributed by atoms with Crippen LogP contribution in [0.3, 0.4) is 0 Å². The smallest absolute Gasteiger partial charge is 0.240 e. The van der Waals surface area contributed by atoms with Crippen molar-refractivity contribution in [2.24, 2.45) is 11.8 Å². The first-order valence-corrected chi connectivity index (χ1v) is 8.61. The molecule has 5 rings (SSSR count). The minimum atomic E-state index is -0.587. The van der Waals surface area contributed by atoms with Crippen molar-refractivity contribution in [1.82, 2.24) is 0 Å². The summed E-state index contributed by atoms with van der Waals surface area (Å²) >= 11 is 0. The first-order valence-electron chi connectivity index (χ1n) is 8.61. The van der Waals surface area contributed by atoms with Gasteiger partial charge >= 0.3 is 0 Å². The molecule has 3 heterocycles. The standard InChI is InChI=1S/C20H18FNO3/c1-19-9-10-20(2,25-19)16-15(19)17(23)22(18(16)24)14-8-4-5-11-12(14)6-3-7-13(11)21/h3-8,15-16H,9-10H2,1-2H3/t15-,16?,19-,20+/m1/s1. The van der Waals surface area contributed by atoms with Crippen molar-refractivity contribution in [2.45, 2.75) is 37.9 Å².